The average Bonchev–Trinajstić information content (AvgIpc) is 3.52. The van der Waals surface area contributed by atoms with E-state index in [0.29, 0.717) is 10.6 Å². The van der Waals surface area contributed by atoms with Gasteiger partial charge in [0, 0.05) is 32.4 Å². The Bertz CT molecular complexity index is 2180. The molecule has 0 radical (unpaired) electrons. The number of H-pyrrole nitrogens is 1. The Hall–Kier alpha value is -5.14. The fraction of sp³-hybridized carbons (Fsp3) is 0.244. The predicted molar refractivity (Wildman–Crippen MR) is 194 cm³/mol. The summed E-state index contributed by atoms with van der Waals surface area (Å²) in [5.74, 6) is -0.216. The van der Waals surface area contributed by atoms with Gasteiger partial charge in [-0.15, -0.1) is 0 Å². The molecule has 0 spiro atoms. The molecule has 1 unspecified atom stereocenters. The number of aromatic nitrogens is 2. The molecule has 2 aromatic heterocycles. The fourth-order valence-corrected chi connectivity index (χ4v) is 7.46. The number of esters is 2. The van der Waals surface area contributed by atoms with E-state index in [-0.39, 0.29) is 11.9 Å². The van der Waals surface area contributed by atoms with Crippen molar-refractivity contribution in [2.75, 3.05) is 21.3 Å². The van der Waals surface area contributed by atoms with E-state index in [9.17, 15) is 9.59 Å². The normalized spacial score (nSPS) is 14.1. The van der Waals surface area contributed by atoms with Gasteiger partial charge in [-0.25, -0.2) is 9.78 Å². The van der Waals surface area contributed by atoms with E-state index >= 15 is 0 Å². The second-order valence-corrected chi connectivity index (χ2v) is 13.0. The van der Waals surface area contributed by atoms with Crippen molar-refractivity contribution in [3.63, 3.8) is 0 Å². The quantitative estimate of drug-likeness (QED) is 0.162. The van der Waals surface area contributed by atoms with E-state index in [1.54, 1.807) is 19.2 Å². The Morgan fingerprint density at radius 2 is 1.57 bits per heavy atom. The number of pyridine rings is 1. The van der Waals surface area contributed by atoms with Crippen LogP contribution in [-0.4, -0.2) is 43.2 Å². The van der Waals surface area contributed by atoms with Crippen LogP contribution in [0.2, 0.25) is 5.02 Å². The molecule has 8 heteroatoms. The highest BCUT2D eigenvalue weighted by atomic mass is 35.5. The SMILES string of the molecule is COC(=O)c1ccc2c(C(C(=O)OC)C3CCCCC3)c(-c3ccc4nc(-c5cc(OC)ccc5-c5ccc(Cl)cc5)ccc4c3)[nH]c2c1. The molecule has 2 heterocycles. The van der Waals surface area contributed by atoms with Crippen molar-refractivity contribution < 1.29 is 23.8 Å². The number of nitrogens with zero attached hydrogens (tertiary/aromatic N) is 1. The Labute approximate surface area is 290 Å². The van der Waals surface area contributed by atoms with E-state index in [1.165, 1.54) is 20.6 Å². The van der Waals surface area contributed by atoms with Crippen molar-refractivity contribution in [3.05, 3.63) is 107 Å². The number of hydrogen-bond acceptors (Lipinski definition) is 6. The minimum atomic E-state index is -0.450. The van der Waals surface area contributed by atoms with E-state index < -0.39 is 11.9 Å². The zero-order chi connectivity index (χ0) is 34.1. The summed E-state index contributed by atoms with van der Waals surface area (Å²) in [6, 6.07) is 29.5. The van der Waals surface area contributed by atoms with Gasteiger partial charge in [0.2, 0.25) is 0 Å². The van der Waals surface area contributed by atoms with Gasteiger partial charge in [0.25, 0.3) is 0 Å². The average molecular weight is 673 g/mol. The van der Waals surface area contributed by atoms with Crippen molar-refractivity contribution >= 4 is 45.3 Å². The number of carbonyl (C=O) groups is 2. The maximum atomic E-state index is 13.6. The summed E-state index contributed by atoms with van der Waals surface area (Å²) in [5, 5.41) is 2.52. The monoisotopic (exact) mass is 672 g/mol. The molecular formula is C41H37ClN2O5. The van der Waals surface area contributed by atoms with Crippen LogP contribution in [0.15, 0.2) is 91.0 Å². The lowest BCUT2D eigenvalue weighted by Crippen LogP contribution is -2.25. The van der Waals surface area contributed by atoms with E-state index in [0.717, 1.165) is 92.4 Å². The third kappa shape index (κ3) is 6.27. The second-order valence-electron chi connectivity index (χ2n) is 12.6. The lowest BCUT2D eigenvalue weighted by Gasteiger charge is -2.29. The molecule has 49 heavy (non-hydrogen) atoms. The number of ether oxygens (including phenoxy) is 3. The van der Waals surface area contributed by atoms with Crippen LogP contribution in [0.4, 0.5) is 0 Å². The van der Waals surface area contributed by atoms with Crippen LogP contribution < -0.4 is 4.74 Å². The van der Waals surface area contributed by atoms with Gasteiger partial charge in [-0.2, -0.15) is 0 Å². The van der Waals surface area contributed by atoms with Gasteiger partial charge in [0.1, 0.15) is 5.75 Å². The standard InChI is InChI=1S/C41H37ClN2O5/c1-47-30-16-18-31(24-9-14-29(42)15-10-24)33(23-30)35-20-12-26-21-27(13-19-34(26)43-35)39-38(37(41(46)49-3)25-7-5-4-6-8-25)32-17-11-28(40(45)48-2)22-36(32)44-39/h9-23,25,37,44H,4-8H2,1-3H3. The molecule has 7 nitrogen and oxygen atoms in total. The largest absolute Gasteiger partial charge is 0.497 e. The lowest BCUT2D eigenvalue weighted by molar-refractivity contribution is -0.144. The molecule has 4 aromatic carbocycles. The van der Waals surface area contributed by atoms with Gasteiger partial charge in [-0.3, -0.25) is 4.79 Å². The smallest absolute Gasteiger partial charge is 0.337 e. The van der Waals surface area contributed by atoms with Gasteiger partial charge >= 0.3 is 11.9 Å². The molecule has 0 saturated heterocycles. The fourth-order valence-electron chi connectivity index (χ4n) is 7.33. The molecule has 1 fully saturated rings. The highest BCUT2D eigenvalue weighted by Crippen LogP contribution is 2.45. The third-order valence-electron chi connectivity index (χ3n) is 9.78. The lowest BCUT2D eigenvalue weighted by atomic mass is 9.75. The summed E-state index contributed by atoms with van der Waals surface area (Å²) in [5.41, 5.74) is 8.49. The first-order chi connectivity index (χ1) is 23.9. The summed E-state index contributed by atoms with van der Waals surface area (Å²) in [6.45, 7) is 0. The number of hydrogen-bond donors (Lipinski definition) is 1. The third-order valence-corrected chi connectivity index (χ3v) is 10.0. The molecule has 0 bridgehead atoms. The van der Waals surface area contributed by atoms with Gasteiger partial charge in [0.15, 0.2) is 0 Å². The minimum absolute atomic E-state index is 0.154. The van der Waals surface area contributed by atoms with Gasteiger partial charge in [-0.1, -0.05) is 67.3 Å². The summed E-state index contributed by atoms with van der Waals surface area (Å²) in [7, 11) is 4.49. The number of carbonyl (C=O) groups excluding carboxylic acids is 2. The minimum Gasteiger partial charge on any atom is -0.497 e. The molecule has 0 amide bonds. The Morgan fingerprint density at radius 3 is 2.31 bits per heavy atom. The first-order valence-corrected chi connectivity index (χ1v) is 16.9. The maximum Gasteiger partial charge on any atom is 0.337 e. The summed E-state index contributed by atoms with van der Waals surface area (Å²) >= 11 is 6.19. The molecule has 1 atom stereocenters. The van der Waals surface area contributed by atoms with Crippen molar-refractivity contribution in [2.24, 2.45) is 5.92 Å². The number of nitrogens with one attached hydrogen (secondary N) is 1. The van der Waals surface area contributed by atoms with Crippen molar-refractivity contribution in [1.82, 2.24) is 9.97 Å². The van der Waals surface area contributed by atoms with Gasteiger partial charge < -0.3 is 19.2 Å². The Balaban J connectivity index is 1.36. The maximum absolute atomic E-state index is 13.6. The first kappa shape index (κ1) is 32.4. The van der Waals surface area contributed by atoms with Crippen LogP contribution in [0.1, 0.15) is 53.9 Å². The Morgan fingerprint density at radius 1 is 0.796 bits per heavy atom. The predicted octanol–water partition coefficient (Wildman–Crippen LogP) is 10.0. The van der Waals surface area contributed by atoms with Crippen LogP contribution >= 0.6 is 11.6 Å². The van der Waals surface area contributed by atoms with E-state index in [1.807, 2.05) is 66.7 Å². The summed E-state index contributed by atoms with van der Waals surface area (Å²) in [4.78, 5) is 34.7. The van der Waals surface area contributed by atoms with E-state index in [4.69, 9.17) is 30.8 Å². The number of halogens is 1. The highest BCUT2D eigenvalue weighted by Gasteiger charge is 2.36. The van der Waals surface area contributed by atoms with E-state index in [2.05, 4.69) is 17.1 Å². The van der Waals surface area contributed by atoms with Crippen molar-refractivity contribution in [3.8, 4) is 39.4 Å². The van der Waals surface area contributed by atoms with Crippen LogP contribution in [0.3, 0.4) is 0 Å². The second kappa shape index (κ2) is 13.8. The van der Waals surface area contributed by atoms with Crippen LogP contribution in [0, 0.1) is 5.92 Å². The molecular weight excluding hydrogens is 636 g/mol. The van der Waals surface area contributed by atoms with Gasteiger partial charge in [0.05, 0.1) is 49.7 Å². The molecule has 1 aliphatic carbocycles. The van der Waals surface area contributed by atoms with Crippen LogP contribution in [-0.2, 0) is 14.3 Å². The Kier molecular flexibility index (Phi) is 9.11. The topological polar surface area (TPSA) is 90.5 Å². The zero-order valence-corrected chi connectivity index (χ0v) is 28.5. The number of methoxy groups -OCH3 is 3. The van der Waals surface area contributed by atoms with Crippen LogP contribution in [0.25, 0.3) is 55.4 Å². The zero-order valence-electron chi connectivity index (χ0n) is 27.7. The molecule has 1 saturated carbocycles. The number of benzene rings is 4. The number of rotatable bonds is 8. The van der Waals surface area contributed by atoms with Crippen molar-refractivity contribution in [2.45, 2.75) is 38.0 Å². The summed E-state index contributed by atoms with van der Waals surface area (Å²) < 4.78 is 16.0. The number of fused-ring (bicyclic) bond motifs is 2. The molecule has 248 valence electrons. The molecule has 1 N–H and O–H groups in total. The molecule has 1 aliphatic rings. The van der Waals surface area contributed by atoms with Gasteiger partial charge in [-0.05, 0) is 90.0 Å². The number of aromatic amines is 1. The molecule has 7 rings (SSSR count). The van der Waals surface area contributed by atoms with Crippen molar-refractivity contribution in [1.29, 1.82) is 0 Å². The highest BCUT2D eigenvalue weighted by molar-refractivity contribution is 6.30. The molecule has 6 aromatic rings. The van der Waals surface area contributed by atoms with Crippen LogP contribution in [0.5, 0.6) is 5.75 Å². The summed E-state index contributed by atoms with van der Waals surface area (Å²) in [6.07, 6.45) is 5.25. The molecule has 0 aliphatic heterocycles. The first-order valence-electron chi connectivity index (χ1n) is 16.6.